The smallest absolute Gasteiger partial charge is 0.225 e. The van der Waals surface area contributed by atoms with Crippen molar-refractivity contribution >= 4 is 23.4 Å². The highest BCUT2D eigenvalue weighted by Crippen LogP contribution is 2.32. The molecule has 3 rings (SSSR count). The third-order valence-electron chi connectivity index (χ3n) is 4.48. The first kappa shape index (κ1) is 15.3. The number of piperidine rings is 1. The molecule has 0 radical (unpaired) electrons. The summed E-state index contributed by atoms with van der Waals surface area (Å²) in [7, 11) is 0. The lowest BCUT2D eigenvalue weighted by molar-refractivity contribution is -0.136. The molecule has 1 aliphatic carbocycles. The van der Waals surface area contributed by atoms with E-state index in [0.29, 0.717) is 30.6 Å². The van der Waals surface area contributed by atoms with Gasteiger partial charge in [-0.3, -0.25) is 9.59 Å². The standard InChI is InChI=1S/C17H21ClN2O2/c18-15-5-1-12(2-6-15)11-19-16(21)13-7-9-20(10-8-13)17(22)14-3-4-14/h1-2,5-6,13-14H,3-4,7-11H2,(H,19,21). The molecular weight excluding hydrogens is 300 g/mol. The summed E-state index contributed by atoms with van der Waals surface area (Å²) in [6.07, 6.45) is 3.62. The van der Waals surface area contributed by atoms with Crippen LogP contribution in [0.3, 0.4) is 0 Å². The highest BCUT2D eigenvalue weighted by Gasteiger charge is 2.35. The van der Waals surface area contributed by atoms with Crippen LogP contribution in [-0.4, -0.2) is 29.8 Å². The topological polar surface area (TPSA) is 49.4 Å². The van der Waals surface area contributed by atoms with E-state index in [1.807, 2.05) is 29.2 Å². The van der Waals surface area contributed by atoms with E-state index in [-0.39, 0.29) is 17.7 Å². The van der Waals surface area contributed by atoms with Crippen molar-refractivity contribution in [2.45, 2.75) is 32.2 Å². The molecule has 1 aromatic rings. The molecule has 5 heteroatoms. The second kappa shape index (κ2) is 6.69. The number of hydrogen-bond acceptors (Lipinski definition) is 2. The molecule has 22 heavy (non-hydrogen) atoms. The van der Waals surface area contributed by atoms with E-state index in [1.54, 1.807) is 0 Å². The lowest BCUT2D eigenvalue weighted by Gasteiger charge is -2.31. The zero-order valence-electron chi connectivity index (χ0n) is 12.6. The first-order chi connectivity index (χ1) is 10.6. The lowest BCUT2D eigenvalue weighted by atomic mass is 9.95. The van der Waals surface area contributed by atoms with Crippen LogP contribution in [0.2, 0.25) is 5.02 Å². The zero-order chi connectivity index (χ0) is 15.5. The number of likely N-dealkylation sites (tertiary alicyclic amines) is 1. The van der Waals surface area contributed by atoms with Crippen LogP contribution >= 0.6 is 11.6 Å². The monoisotopic (exact) mass is 320 g/mol. The Kier molecular flexibility index (Phi) is 4.67. The van der Waals surface area contributed by atoms with E-state index < -0.39 is 0 Å². The predicted molar refractivity (Wildman–Crippen MR) is 85.3 cm³/mol. The Morgan fingerprint density at radius 3 is 2.27 bits per heavy atom. The molecule has 1 aliphatic heterocycles. The molecular formula is C17H21ClN2O2. The summed E-state index contributed by atoms with van der Waals surface area (Å²) in [4.78, 5) is 26.1. The minimum Gasteiger partial charge on any atom is -0.352 e. The summed E-state index contributed by atoms with van der Waals surface area (Å²) in [5.41, 5.74) is 1.04. The molecule has 1 saturated carbocycles. The number of nitrogens with zero attached hydrogens (tertiary/aromatic N) is 1. The number of carbonyl (C=O) groups excluding carboxylic acids is 2. The van der Waals surface area contributed by atoms with Gasteiger partial charge in [0.2, 0.25) is 11.8 Å². The van der Waals surface area contributed by atoms with Crippen LogP contribution in [0.15, 0.2) is 24.3 Å². The minimum absolute atomic E-state index is 0.0237. The Morgan fingerprint density at radius 1 is 1.05 bits per heavy atom. The molecule has 2 amide bonds. The summed E-state index contributed by atoms with van der Waals surface area (Å²) in [6, 6.07) is 7.48. The van der Waals surface area contributed by atoms with Crippen LogP contribution in [0.5, 0.6) is 0 Å². The van der Waals surface area contributed by atoms with Crippen molar-refractivity contribution in [2.75, 3.05) is 13.1 Å². The second-order valence-corrected chi connectivity index (χ2v) is 6.65. The molecule has 2 aliphatic rings. The zero-order valence-corrected chi connectivity index (χ0v) is 13.3. The molecule has 1 N–H and O–H groups in total. The quantitative estimate of drug-likeness (QED) is 0.927. The van der Waals surface area contributed by atoms with E-state index in [4.69, 9.17) is 11.6 Å². The molecule has 0 unspecified atom stereocenters. The molecule has 0 spiro atoms. The molecule has 1 saturated heterocycles. The van der Waals surface area contributed by atoms with Crippen LogP contribution in [0.4, 0.5) is 0 Å². The Hall–Kier alpha value is -1.55. The highest BCUT2D eigenvalue weighted by atomic mass is 35.5. The van der Waals surface area contributed by atoms with Gasteiger partial charge in [0, 0.05) is 36.5 Å². The molecule has 2 fully saturated rings. The van der Waals surface area contributed by atoms with Gasteiger partial charge in [-0.2, -0.15) is 0 Å². The average Bonchev–Trinajstić information content (AvgIpc) is 3.38. The number of carbonyl (C=O) groups is 2. The Bertz CT molecular complexity index is 546. The fourth-order valence-corrected chi connectivity index (χ4v) is 3.01. The van der Waals surface area contributed by atoms with Crippen LogP contribution in [-0.2, 0) is 16.1 Å². The van der Waals surface area contributed by atoms with Crippen molar-refractivity contribution in [1.82, 2.24) is 10.2 Å². The van der Waals surface area contributed by atoms with Gasteiger partial charge in [-0.05, 0) is 43.4 Å². The molecule has 1 heterocycles. The van der Waals surface area contributed by atoms with Gasteiger partial charge in [0.15, 0.2) is 0 Å². The van der Waals surface area contributed by atoms with E-state index in [1.165, 1.54) is 0 Å². The summed E-state index contributed by atoms with van der Waals surface area (Å²) in [5, 5.41) is 3.68. The van der Waals surface area contributed by atoms with Gasteiger partial charge in [-0.25, -0.2) is 0 Å². The van der Waals surface area contributed by atoms with E-state index in [2.05, 4.69) is 5.32 Å². The predicted octanol–water partition coefficient (Wildman–Crippen LogP) is 2.60. The number of nitrogens with one attached hydrogen (secondary N) is 1. The summed E-state index contributed by atoms with van der Waals surface area (Å²) < 4.78 is 0. The minimum atomic E-state index is 0.0237. The largest absolute Gasteiger partial charge is 0.352 e. The van der Waals surface area contributed by atoms with E-state index >= 15 is 0 Å². The fraction of sp³-hybridized carbons (Fsp3) is 0.529. The third-order valence-corrected chi connectivity index (χ3v) is 4.74. The van der Waals surface area contributed by atoms with Crippen LogP contribution in [0, 0.1) is 11.8 Å². The maximum absolute atomic E-state index is 12.2. The number of benzene rings is 1. The first-order valence-corrected chi connectivity index (χ1v) is 8.32. The highest BCUT2D eigenvalue weighted by molar-refractivity contribution is 6.30. The Labute approximate surface area is 135 Å². The molecule has 118 valence electrons. The lowest BCUT2D eigenvalue weighted by Crippen LogP contribution is -2.43. The van der Waals surface area contributed by atoms with Crippen LogP contribution in [0.25, 0.3) is 0 Å². The van der Waals surface area contributed by atoms with Gasteiger partial charge in [-0.1, -0.05) is 23.7 Å². The fourth-order valence-electron chi connectivity index (χ4n) is 2.89. The van der Waals surface area contributed by atoms with Crippen LogP contribution in [0.1, 0.15) is 31.2 Å². The molecule has 0 aromatic heterocycles. The van der Waals surface area contributed by atoms with Crippen molar-refractivity contribution in [3.8, 4) is 0 Å². The average molecular weight is 321 g/mol. The van der Waals surface area contributed by atoms with E-state index in [9.17, 15) is 9.59 Å². The van der Waals surface area contributed by atoms with Gasteiger partial charge in [-0.15, -0.1) is 0 Å². The SMILES string of the molecule is O=C(NCc1ccc(Cl)cc1)C1CCN(C(=O)C2CC2)CC1. The van der Waals surface area contributed by atoms with E-state index in [0.717, 1.165) is 31.2 Å². The number of amides is 2. The summed E-state index contributed by atoms with van der Waals surface area (Å²) in [6.45, 7) is 1.96. The normalized spacial score (nSPS) is 19.0. The Morgan fingerprint density at radius 2 is 1.68 bits per heavy atom. The Balaban J connectivity index is 1.43. The van der Waals surface area contributed by atoms with Crippen molar-refractivity contribution in [2.24, 2.45) is 11.8 Å². The first-order valence-electron chi connectivity index (χ1n) is 7.94. The number of rotatable bonds is 4. The molecule has 0 atom stereocenters. The van der Waals surface area contributed by atoms with Crippen molar-refractivity contribution in [3.63, 3.8) is 0 Å². The number of hydrogen-bond donors (Lipinski definition) is 1. The third kappa shape index (κ3) is 3.80. The van der Waals surface area contributed by atoms with Crippen LogP contribution < -0.4 is 5.32 Å². The summed E-state index contributed by atoms with van der Waals surface area (Å²) >= 11 is 5.84. The summed E-state index contributed by atoms with van der Waals surface area (Å²) in [5.74, 6) is 0.680. The van der Waals surface area contributed by atoms with Gasteiger partial charge in [0.25, 0.3) is 0 Å². The van der Waals surface area contributed by atoms with Crippen molar-refractivity contribution < 1.29 is 9.59 Å². The van der Waals surface area contributed by atoms with Gasteiger partial charge < -0.3 is 10.2 Å². The second-order valence-electron chi connectivity index (χ2n) is 6.22. The van der Waals surface area contributed by atoms with Gasteiger partial charge >= 0.3 is 0 Å². The molecule has 1 aromatic carbocycles. The van der Waals surface area contributed by atoms with Crippen molar-refractivity contribution in [3.05, 3.63) is 34.9 Å². The maximum atomic E-state index is 12.2. The maximum Gasteiger partial charge on any atom is 0.225 e. The molecule has 4 nitrogen and oxygen atoms in total. The van der Waals surface area contributed by atoms with Gasteiger partial charge in [0.05, 0.1) is 0 Å². The molecule has 0 bridgehead atoms. The van der Waals surface area contributed by atoms with Gasteiger partial charge in [0.1, 0.15) is 0 Å². The number of halogens is 1. The van der Waals surface area contributed by atoms with Crippen molar-refractivity contribution in [1.29, 1.82) is 0 Å².